The van der Waals surface area contributed by atoms with Crippen molar-refractivity contribution in [3.63, 3.8) is 0 Å². The standard InChI is InChI=1S/C24H17Cl2NO4/c1-29-22-12-16(7-10-21(22)30-14-15-5-3-2-4-6-15)11-20-24(28)31-23(27-20)18-13-17(25)8-9-19(18)26/h2-13H,14H2,1H3/b20-11-. The first-order valence-electron chi connectivity index (χ1n) is 9.36. The fourth-order valence-corrected chi connectivity index (χ4v) is 3.34. The van der Waals surface area contributed by atoms with E-state index in [-0.39, 0.29) is 11.6 Å². The summed E-state index contributed by atoms with van der Waals surface area (Å²) in [5.74, 6) is 0.670. The first kappa shape index (κ1) is 21.0. The molecular weight excluding hydrogens is 437 g/mol. The Morgan fingerprint density at radius 3 is 2.58 bits per heavy atom. The maximum absolute atomic E-state index is 12.3. The highest BCUT2D eigenvalue weighted by molar-refractivity contribution is 6.36. The van der Waals surface area contributed by atoms with Gasteiger partial charge in [-0.3, -0.25) is 0 Å². The predicted molar refractivity (Wildman–Crippen MR) is 121 cm³/mol. The first-order chi connectivity index (χ1) is 15.0. The van der Waals surface area contributed by atoms with Crippen LogP contribution in [0.5, 0.6) is 11.5 Å². The van der Waals surface area contributed by atoms with Crippen LogP contribution in [0.4, 0.5) is 0 Å². The SMILES string of the molecule is COc1cc(/C=C2\N=C(c3cc(Cl)ccc3Cl)OC2=O)ccc1OCc1ccccc1. The minimum absolute atomic E-state index is 0.110. The van der Waals surface area contributed by atoms with Crippen LogP contribution in [0.15, 0.2) is 77.4 Å². The molecule has 0 aliphatic carbocycles. The van der Waals surface area contributed by atoms with E-state index < -0.39 is 5.97 Å². The van der Waals surface area contributed by atoms with Gasteiger partial charge in [0.1, 0.15) is 6.61 Å². The van der Waals surface area contributed by atoms with Crippen molar-refractivity contribution in [1.82, 2.24) is 0 Å². The number of halogens is 2. The first-order valence-corrected chi connectivity index (χ1v) is 10.1. The Morgan fingerprint density at radius 1 is 1.00 bits per heavy atom. The lowest BCUT2D eigenvalue weighted by Crippen LogP contribution is -2.06. The van der Waals surface area contributed by atoms with Gasteiger partial charge in [-0.2, -0.15) is 0 Å². The molecule has 3 aromatic rings. The molecule has 0 bridgehead atoms. The second-order valence-electron chi connectivity index (χ2n) is 6.64. The monoisotopic (exact) mass is 453 g/mol. The summed E-state index contributed by atoms with van der Waals surface area (Å²) in [6.45, 7) is 0.415. The third kappa shape index (κ3) is 4.90. The molecule has 0 amide bonds. The molecule has 0 aromatic heterocycles. The molecule has 156 valence electrons. The molecule has 0 atom stereocenters. The summed E-state index contributed by atoms with van der Waals surface area (Å²) in [7, 11) is 1.56. The highest BCUT2D eigenvalue weighted by Gasteiger charge is 2.26. The van der Waals surface area contributed by atoms with E-state index in [0.717, 1.165) is 5.56 Å². The van der Waals surface area contributed by atoms with Crippen LogP contribution >= 0.6 is 23.2 Å². The second kappa shape index (κ2) is 9.25. The maximum atomic E-state index is 12.3. The van der Waals surface area contributed by atoms with Gasteiger partial charge in [0.15, 0.2) is 17.2 Å². The van der Waals surface area contributed by atoms with Crippen molar-refractivity contribution in [3.8, 4) is 11.5 Å². The molecular formula is C24H17Cl2NO4. The molecule has 1 heterocycles. The number of hydrogen-bond donors (Lipinski definition) is 0. The molecule has 0 N–H and O–H groups in total. The van der Waals surface area contributed by atoms with E-state index in [1.165, 1.54) is 0 Å². The van der Waals surface area contributed by atoms with Crippen molar-refractivity contribution in [1.29, 1.82) is 0 Å². The van der Waals surface area contributed by atoms with E-state index in [4.69, 9.17) is 37.4 Å². The minimum Gasteiger partial charge on any atom is -0.493 e. The Hall–Kier alpha value is -3.28. The topological polar surface area (TPSA) is 57.1 Å². The van der Waals surface area contributed by atoms with Crippen LogP contribution in [0.1, 0.15) is 16.7 Å². The fourth-order valence-electron chi connectivity index (χ4n) is 2.97. The van der Waals surface area contributed by atoms with Gasteiger partial charge in [-0.15, -0.1) is 0 Å². The van der Waals surface area contributed by atoms with E-state index in [9.17, 15) is 4.79 Å². The Balaban J connectivity index is 1.57. The Morgan fingerprint density at radius 2 is 1.81 bits per heavy atom. The van der Waals surface area contributed by atoms with Crippen molar-refractivity contribution < 1.29 is 19.0 Å². The summed E-state index contributed by atoms with van der Waals surface area (Å²) in [6, 6.07) is 20.1. The molecule has 0 unspecified atom stereocenters. The predicted octanol–water partition coefficient (Wildman–Crippen LogP) is 5.93. The van der Waals surface area contributed by atoms with E-state index in [0.29, 0.717) is 39.3 Å². The molecule has 3 aromatic carbocycles. The number of cyclic esters (lactones) is 1. The van der Waals surface area contributed by atoms with Gasteiger partial charge < -0.3 is 14.2 Å². The molecule has 31 heavy (non-hydrogen) atoms. The summed E-state index contributed by atoms with van der Waals surface area (Å²) < 4.78 is 16.6. The highest BCUT2D eigenvalue weighted by atomic mass is 35.5. The number of nitrogens with zero attached hydrogens (tertiary/aromatic N) is 1. The summed E-state index contributed by atoms with van der Waals surface area (Å²) in [6.07, 6.45) is 1.61. The number of ether oxygens (including phenoxy) is 3. The molecule has 0 saturated heterocycles. The van der Waals surface area contributed by atoms with Gasteiger partial charge in [-0.05, 0) is 47.5 Å². The lowest BCUT2D eigenvalue weighted by molar-refractivity contribution is -0.129. The summed E-state index contributed by atoms with van der Waals surface area (Å²) >= 11 is 12.2. The lowest BCUT2D eigenvalue weighted by Gasteiger charge is -2.11. The summed E-state index contributed by atoms with van der Waals surface area (Å²) in [5, 5.41) is 0.852. The lowest BCUT2D eigenvalue weighted by atomic mass is 10.1. The number of methoxy groups -OCH3 is 1. The van der Waals surface area contributed by atoms with Gasteiger partial charge in [-0.25, -0.2) is 9.79 Å². The van der Waals surface area contributed by atoms with E-state index in [1.54, 1.807) is 43.5 Å². The molecule has 0 spiro atoms. The molecule has 1 aliphatic heterocycles. The van der Waals surface area contributed by atoms with Crippen LogP contribution in [0.3, 0.4) is 0 Å². The van der Waals surface area contributed by atoms with Gasteiger partial charge >= 0.3 is 5.97 Å². The van der Waals surface area contributed by atoms with E-state index in [1.807, 2.05) is 36.4 Å². The number of esters is 1. The molecule has 5 nitrogen and oxygen atoms in total. The zero-order valence-corrected chi connectivity index (χ0v) is 18.0. The number of hydrogen-bond acceptors (Lipinski definition) is 5. The van der Waals surface area contributed by atoms with Crippen LogP contribution in [0.25, 0.3) is 6.08 Å². The van der Waals surface area contributed by atoms with Gasteiger partial charge in [0.25, 0.3) is 0 Å². The number of rotatable bonds is 6. The average molecular weight is 454 g/mol. The quantitative estimate of drug-likeness (QED) is 0.343. The third-order valence-electron chi connectivity index (χ3n) is 4.51. The number of carbonyl (C=O) groups excluding carboxylic acids is 1. The normalized spacial score (nSPS) is 14.4. The van der Waals surface area contributed by atoms with Crippen molar-refractivity contribution in [3.05, 3.63) is 99.2 Å². The molecule has 1 aliphatic rings. The van der Waals surface area contributed by atoms with Crippen molar-refractivity contribution >= 4 is 41.1 Å². The number of carbonyl (C=O) groups is 1. The van der Waals surface area contributed by atoms with Crippen LogP contribution < -0.4 is 9.47 Å². The van der Waals surface area contributed by atoms with Crippen molar-refractivity contribution in [2.45, 2.75) is 6.61 Å². The third-order valence-corrected chi connectivity index (χ3v) is 5.07. The molecule has 7 heteroatoms. The average Bonchev–Trinajstić information content (AvgIpc) is 3.15. The van der Waals surface area contributed by atoms with Crippen molar-refractivity contribution in [2.24, 2.45) is 4.99 Å². The fraction of sp³-hybridized carbons (Fsp3) is 0.0833. The second-order valence-corrected chi connectivity index (χ2v) is 7.49. The summed E-state index contributed by atoms with van der Waals surface area (Å²) in [5.41, 5.74) is 2.35. The molecule has 0 radical (unpaired) electrons. The minimum atomic E-state index is -0.575. The van der Waals surface area contributed by atoms with Crippen molar-refractivity contribution in [2.75, 3.05) is 7.11 Å². The Labute approximate surface area is 189 Å². The van der Waals surface area contributed by atoms with Crippen LogP contribution in [-0.4, -0.2) is 19.0 Å². The van der Waals surface area contributed by atoms with Gasteiger partial charge in [0, 0.05) is 5.02 Å². The van der Waals surface area contributed by atoms with E-state index in [2.05, 4.69) is 4.99 Å². The van der Waals surface area contributed by atoms with Crippen LogP contribution in [0, 0.1) is 0 Å². The van der Waals surface area contributed by atoms with Gasteiger partial charge in [0.05, 0.1) is 17.7 Å². The molecule has 0 saturated carbocycles. The smallest absolute Gasteiger partial charge is 0.363 e. The van der Waals surface area contributed by atoms with Gasteiger partial charge in [-0.1, -0.05) is 59.6 Å². The van der Waals surface area contributed by atoms with Gasteiger partial charge in [0.2, 0.25) is 5.90 Å². The van der Waals surface area contributed by atoms with Crippen LogP contribution in [-0.2, 0) is 16.1 Å². The number of benzene rings is 3. The Bertz CT molecular complexity index is 1190. The Kier molecular flexibility index (Phi) is 6.26. The highest BCUT2D eigenvalue weighted by Crippen LogP contribution is 2.31. The summed E-state index contributed by atoms with van der Waals surface area (Å²) in [4.78, 5) is 16.6. The largest absolute Gasteiger partial charge is 0.493 e. The number of aliphatic imine (C=N–C) groups is 1. The maximum Gasteiger partial charge on any atom is 0.363 e. The zero-order chi connectivity index (χ0) is 21.8. The zero-order valence-electron chi connectivity index (χ0n) is 16.5. The van der Waals surface area contributed by atoms with Crippen LogP contribution in [0.2, 0.25) is 10.0 Å². The molecule has 4 rings (SSSR count). The molecule has 0 fully saturated rings. The van der Waals surface area contributed by atoms with E-state index >= 15 is 0 Å².